The fourth-order valence-electron chi connectivity index (χ4n) is 2.53. The summed E-state index contributed by atoms with van der Waals surface area (Å²) < 4.78 is 0. The second kappa shape index (κ2) is 6.23. The van der Waals surface area contributed by atoms with Crippen molar-refractivity contribution >= 4 is 17.2 Å². The van der Waals surface area contributed by atoms with E-state index in [9.17, 15) is 4.79 Å². The number of carbonyl (C=O) groups is 1. The molecule has 1 saturated carbocycles. The van der Waals surface area contributed by atoms with Crippen molar-refractivity contribution in [3.05, 3.63) is 21.9 Å². The molecule has 1 aliphatic carbocycles. The number of carbonyl (C=O) groups excluding carboxylic acids is 1. The molecule has 1 heterocycles. The molecule has 3 unspecified atom stereocenters. The molecule has 1 fully saturated rings. The van der Waals surface area contributed by atoms with E-state index in [-0.39, 0.29) is 5.91 Å². The highest BCUT2D eigenvalue weighted by molar-refractivity contribution is 7.12. The van der Waals surface area contributed by atoms with E-state index in [1.54, 1.807) is 0 Å². The van der Waals surface area contributed by atoms with Crippen molar-refractivity contribution in [2.24, 2.45) is 17.6 Å². The van der Waals surface area contributed by atoms with Crippen LogP contribution in [0.4, 0.5) is 0 Å². The Morgan fingerprint density at radius 1 is 1.53 bits per heavy atom. The van der Waals surface area contributed by atoms with Gasteiger partial charge in [-0.1, -0.05) is 25.7 Å². The van der Waals surface area contributed by atoms with Crippen molar-refractivity contribution in [3.8, 4) is 11.8 Å². The van der Waals surface area contributed by atoms with Gasteiger partial charge in [0.1, 0.15) is 4.88 Å². The molecule has 1 aromatic heterocycles. The van der Waals surface area contributed by atoms with Gasteiger partial charge in [-0.3, -0.25) is 4.79 Å². The van der Waals surface area contributed by atoms with Crippen molar-refractivity contribution in [2.75, 3.05) is 6.54 Å². The molecule has 0 saturated heterocycles. The lowest BCUT2D eigenvalue weighted by Crippen LogP contribution is -2.37. The zero-order chi connectivity index (χ0) is 13.8. The number of hydrogen-bond donors (Lipinski definition) is 2. The molecule has 1 amide bonds. The topological polar surface area (TPSA) is 55.1 Å². The van der Waals surface area contributed by atoms with Gasteiger partial charge in [0.05, 0.1) is 6.54 Å². The van der Waals surface area contributed by atoms with Gasteiger partial charge in [0.15, 0.2) is 0 Å². The first kappa shape index (κ1) is 14.1. The Labute approximate surface area is 118 Å². The highest BCUT2D eigenvalue weighted by atomic mass is 32.1. The van der Waals surface area contributed by atoms with E-state index in [0.29, 0.717) is 29.3 Å². The largest absolute Gasteiger partial charge is 0.348 e. The van der Waals surface area contributed by atoms with Crippen LogP contribution in [-0.4, -0.2) is 18.5 Å². The first-order valence-corrected chi connectivity index (χ1v) is 7.58. The van der Waals surface area contributed by atoms with Crippen LogP contribution >= 0.6 is 11.3 Å². The minimum Gasteiger partial charge on any atom is -0.348 e. The predicted molar refractivity (Wildman–Crippen MR) is 79.1 cm³/mol. The molecule has 2 rings (SSSR count). The average molecular weight is 276 g/mol. The normalized spacial score (nSPS) is 25.7. The second-order valence-corrected chi connectivity index (χ2v) is 6.08. The van der Waals surface area contributed by atoms with Crippen LogP contribution in [0.2, 0.25) is 0 Å². The molecule has 102 valence electrons. The third-order valence-corrected chi connectivity index (χ3v) is 4.89. The van der Waals surface area contributed by atoms with Gasteiger partial charge < -0.3 is 11.1 Å². The Bertz CT molecular complexity index is 512. The third-order valence-electron chi connectivity index (χ3n) is 3.98. The monoisotopic (exact) mass is 276 g/mol. The molecule has 0 bridgehead atoms. The third kappa shape index (κ3) is 3.17. The first-order chi connectivity index (χ1) is 9.13. The highest BCUT2D eigenvalue weighted by Gasteiger charge is 2.31. The molecule has 0 radical (unpaired) electrons. The van der Waals surface area contributed by atoms with Crippen LogP contribution < -0.4 is 11.1 Å². The van der Waals surface area contributed by atoms with Crippen molar-refractivity contribution in [2.45, 2.75) is 32.7 Å². The summed E-state index contributed by atoms with van der Waals surface area (Å²) in [6.45, 7) is 4.78. The molecule has 3 nitrogen and oxygen atoms in total. The molecule has 3 atom stereocenters. The molecule has 19 heavy (non-hydrogen) atoms. The second-order valence-electron chi connectivity index (χ2n) is 5.16. The van der Waals surface area contributed by atoms with Crippen LogP contribution in [0.15, 0.2) is 11.4 Å². The molecule has 0 aromatic carbocycles. The number of thiophene rings is 1. The van der Waals surface area contributed by atoms with Gasteiger partial charge in [-0.15, -0.1) is 11.3 Å². The molecule has 4 heteroatoms. The Kier molecular flexibility index (Phi) is 4.62. The SMILES string of the molecule is CC1CCC(NC(=O)c2sccc2C#CCN)C1C. The fraction of sp³-hybridized carbons (Fsp3) is 0.533. The lowest BCUT2D eigenvalue weighted by molar-refractivity contribution is 0.0931. The van der Waals surface area contributed by atoms with Crippen molar-refractivity contribution in [3.63, 3.8) is 0 Å². The van der Waals surface area contributed by atoms with E-state index < -0.39 is 0 Å². The summed E-state index contributed by atoms with van der Waals surface area (Å²) in [4.78, 5) is 13.0. The Morgan fingerprint density at radius 3 is 2.95 bits per heavy atom. The molecule has 3 N–H and O–H groups in total. The number of nitrogens with two attached hydrogens (primary N) is 1. The highest BCUT2D eigenvalue weighted by Crippen LogP contribution is 2.31. The Morgan fingerprint density at radius 2 is 2.32 bits per heavy atom. The van der Waals surface area contributed by atoms with Gasteiger partial charge >= 0.3 is 0 Å². The van der Waals surface area contributed by atoms with E-state index in [2.05, 4.69) is 31.0 Å². The summed E-state index contributed by atoms with van der Waals surface area (Å²) >= 11 is 1.44. The Hall–Kier alpha value is -1.31. The van der Waals surface area contributed by atoms with Crippen molar-refractivity contribution in [1.29, 1.82) is 0 Å². The lowest BCUT2D eigenvalue weighted by atomic mass is 9.98. The summed E-state index contributed by atoms with van der Waals surface area (Å²) in [6.07, 6.45) is 2.26. The molecular weight excluding hydrogens is 256 g/mol. The van der Waals surface area contributed by atoms with Crippen LogP contribution in [0.5, 0.6) is 0 Å². The molecule has 0 aliphatic heterocycles. The summed E-state index contributed by atoms with van der Waals surface area (Å²) in [5, 5.41) is 5.05. The van der Waals surface area contributed by atoms with E-state index in [1.807, 2.05) is 11.4 Å². The fourth-order valence-corrected chi connectivity index (χ4v) is 3.28. The minimum atomic E-state index is 0.00210. The summed E-state index contributed by atoms with van der Waals surface area (Å²) in [5.74, 6) is 6.98. The van der Waals surface area contributed by atoms with Crippen LogP contribution in [0, 0.1) is 23.7 Å². The standard InChI is InChI=1S/C15H20N2OS/c1-10-5-6-13(11(10)2)17-15(18)14-12(4-3-8-16)7-9-19-14/h7,9-11,13H,5-6,8,16H2,1-2H3,(H,17,18). The van der Waals surface area contributed by atoms with E-state index in [0.717, 1.165) is 12.0 Å². The van der Waals surface area contributed by atoms with Gasteiger partial charge in [0.2, 0.25) is 0 Å². The van der Waals surface area contributed by atoms with Crippen molar-refractivity contribution in [1.82, 2.24) is 5.32 Å². The maximum atomic E-state index is 12.3. The van der Waals surface area contributed by atoms with Gasteiger partial charge in [-0.25, -0.2) is 0 Å². The number of amides is 1. The quantitative estimate of drug-likeness (QED) is 0.814. The summed E-state index contributed by atoms with van der Waals surface area (Å²) in [6, 6.07) is 2.17. The van der Waals surface area contributed by atoms with E-state index in [1.165, 1.54) is 17.8 Å². The van der Waals surface area contributed by atoms with Crippen LogP contribution in [0.3, 0.4) is 0 Å². The molecular formula is C15H20N2OS. The van der Waals surface area contributed by atoms with E-state index in [4.69, 9.17) is 5.73 Å². The van der Waals surface area contributed by atoms with Crippen LogP contribution in [0.25, 0.3) is 0 Å². The van der Waals surface area contributed by atoms with E-state index >= 15 is 0 Å². The van der Waals surface area contributed by atoms with Crippen LogP contribution in [0.1, 0.15) is 41.9 Å². The van der Waals surface area contributed by atoms with Crippen molar-refractivity contribution < 1.29 is 4.79 Å². The maximum Gasteiger partial charge on any atom is 0.262 e. The predicted octanol–water partition coefficient (Wildman–Crippen LogP) is 2.22. The summed E-state index contributed by atoms with van der Waals surface area (Å²) in [7, 11) is 0. The van der Waals surface area contributed by atoms with Gasteiger partial charge in [-0.2, -0.15) is 0 Å². The Balaban J connectivity index is 2.06. The molecule has 1 aliphatic rings. The van der Waals surface area contributed by atoms with Gasteiger partial charge in [-0.05, 0) is 36.1 Å². The average Bonchev–Trinajstić information content (AvgIpc) is 2.98. The zero-order valence-electron chi connectivity index (χ0n) is 11.4. The molecule has 1 aromatic rings. The van der Waals surface area contributed by atoms with Gasteiger partial charge in [0, 0.05) is 11.6 Å². The lowest BCUT2D eigenvalue weighted by Gasteiger charge is -2.19. The number of rotatable bonds is 2. The number of hydrogen-bond acceptors (Lipinski definition) is 3. The zero-order valence-corrected chi connectivity index (χ0v) is 12.2. The van der Waals surface area contributed by atoms with Gasteiger partial charge in [0.25, 0.3) is 5.91 Å². The number of nitrogens with one attached hydrogen (secondary N) is 1. The smallest absolute Gasteiger partial charge is 0.262 e. The maximum absolute atomic E-state index is 12.3. The van der Waals surface area contributed by atoms with Crippen LogP contribution in [-0.2, 0) is 0 Å². The minimum absolute atomic E-state index is 0.00210. The summed E-state index contributed by atoms with van der Waals surface area (Å²) in [5.41, 5.74) is 6.15. The molecule has 0 spiro atoms. The first-order valence-electron chi connectivity index (χ1n) is 6.70.